The fraction of sp³-hybridized carbons (Fsp3) is 0. The Hall–Kier alpha value is -1.71. The molecule has 1 rings (SSSR count). The molecule has 0 saturated heterocycles. The molecule has 0 saturated carbocycles. The summed E-state index contributed by atoms with van der Waals surface area (Å²) in [7, 11) is 0. The zero-order valence-corrected chi connectivity index (χ0v) is 5.74. The molecule has 1 amide bonds. The zero-order valence-electron chi connectivity index (χ0n) is 5.74. The van der Waals surface area contributed by atoms with E-state index in [2.05, 4.69) is 0 Å². The molecule has 4 nitrogen and oxygen atoms in total. The van der Waals surface area contributed by atoms with Crippen LogP contribution in [0.1, 0.15) is 10.4 Å². The molecule has 0 spiro atoms. The molecule has 1 aromatic carbocycles. The number of nitrogens with two attached hydrogens (primary N) is 2. The molecule has 11 heavy (non-hydrogen) atoms. The van der Waals surface area contributed by atoms with E-state index in [4.69, 9.17) is 16.6 Å². The van der Waals surface area contributed by atoms with Crippen molar-refractivity contribution < 1.29 is 9.90 Å². The van der Waals surface area contributed by atoms with E-state index in [0.717, 1.165) is 0 Å². The summed E-state index contributed by atoms with van der Waals surface area (Å²) in [5.74, 6) is -0.847. The van der Waals surface area contributed by atoms with Gasteiger partial charge in [0, 0.05) is 11.8 Å². The Kier molecular flexibility index (Phi) is 1.68. The van der Waals surface area contributed by atoms with Gasteiger partial charge >= 0.3 is 0 Å². The molecule has 58 valence electrons. The summed E-state index contributed by atoms with van der Waals surface area (Å²) in [5, 5.41) is 9.08. The molecule has 0 aliphatic heterocycles. The van der Waals surface area contributed by atoms with Crippen LogP contribution < -0.4 is 11.5 Å². The molecule has 0 heterocycles. The molecular weight excluding hydrogens is 144 g/mol. The second kappa shape index (κ2) is 2.49. The third-order valence-corrected chi connectivity index (χ3v) is 1.29. The van der Waals surface area contributed by atoms with Gasteiger partial charge in [-0.15, -0.1) is 0 Å². The molecule has 4 heteroatoms. The van der Waals surface area contributed by atoms with Gasteiger partial charge < -0.3 is 16.6 Å². The first kappa shape index (κ1) is 7.40. The van der Waals surface area contributed by atoms with Gasteiger partial charge in [-0.1, -0.05) is 0 Å². The highest BCUT2D eigenvalue weighted by molar-refractivity contribution is 5.95. The largest absolute Gasteiger partial charge is 0.507 e. The Labute approximate surface area is 63.4 Å². The first-order valence-electron chi connectivity index (χ1n) is 2.99. The second-order valence-corrected chi connectivity index (χ2v) is 2.14. The maximum atomic E-state index is 10.6. The van der Waals surface area contributed by atoms with Crippen molar-refractivity contribution in [1.82, 2.24) is 0 Å². The van der Waals surface area contributed by atoms with Crippen molar-refractivity contribution in [3.05, 3.63) is 23.8 Å². The topological polar surface area (TPSA) is 89.3 Å². The number of carbonyl (C=O) groups is 1. The molecule has 0 bridgehead atoms. The number of carbonyl (C=O) groups excluding carboxylic acids is 1. The molecule has 0 aromatic heterocycles. The highest BCUT2D eigenvalue weighted by atomic mass is 16.3. The lowest BCUT2D eigenvalue weighted by Gasteiger charge is -1.99. The summed E-state index contributed by atoms with van der Waals surface area (Å²) in [6.07, 6.45) is 0. The van der Waals surface area contributed by atoms with E-state index in [1.54, 1.807) is 0 Å². The van der Waals surface area contributed by atoms with Crippen molar-refractivity contribution in [3.8, 4) is 5.75 Å². The van der Waals surface area contributed by atoms with E-state index in [0.29, 0.717) is 5.69 Å². The first-order chi connectivity index (χ1) is 5.11. The van der Waals surface area contributed by atoms with Crippen LogP contribution in [-0.4, -0.2) is 11.0 Å². The molecule has 1 aromatic rings. The van der Waals surface area contributed by atoms with Crippen LogP contribution >= 0.6 is 0 Å². The lowest BCUT2D eigenvalue weighted by molar-refractivity contribution is 0.0998. The molecule has 0 aliphatic carbocycles. The number of hydrogen-bond acceptors (Lipinski definition) is 3. The monoisotopic (exact) mass is 152 g/mol. The molecule has 0 fully saturated rings. The van der Waals surface area contributed by atoms with E-state index in [1.807, 2.05) is 0 Å². The maximum Gasteiger partial charge on any atom is 0.252 e. The fourth-order valence-electron chi connectivity index (χ4n) is 0.757. The predicted octanol–water partition coefficient (Wildman–Crippen LogP) is 0.0733. The van der Waals surface area contributed by atoms with Gasteiger partial charge in [-0.25, -0.2) is 0 Å². The van der Waals surface area contributed by atoms with Crippen LogP contribution in [0.3, 0.4) is 0 Å². The van der Waals surface area contributed by atoms with E-state index >= 15 is 0 Å². The molecular formula is C7H8N2O2. The summed E-state index contributed by atoms with van der Waals surface area (Å²) in [4.78, 5) is 10.6. The Bertz CT molecular complexity index is 296. The SMILES string of the molecule is NC(=O)c1ccc(N)cc1O. The van der Waals surface area contributed by atoms with Crippen LogP contribution in [0.5, 0.6) is 5.75 Å². The van der Waals surface area contributed by atoms with Crippen LogP contribution in [0.15, 0.2) is 18.2 Å². The van der Waals surface area contributed by atoms with Crippen molar-refractivity contribution >= 4 is 11.6 Å². The fourth-order valence-corrected chi connectivity index (χ4v) is 0.757. The molecule has 0 unspecified atom stereocenters. The number of hydrogen-bond donors (Lipinski definition) is 3. The van der Waals surface area contributed by atoms with Gasteiger partial charge in [-0.05, 0) is 12.1 Å². The molecule has 0 radical (unpaired) electrons. The number of amides is 1. The van der Waals surface area contributed by atoms with Gasteiger partial charge in [-0.3, -0.25) is 4.79 Å². The second-order valence-electron chi connectivity index (χ2n) is 2.14. The Morgan fingerprint density at radius 1 is 1.45 bits per heavy atom. The Balaban J connectivity index is 3.20. The van der Waals surface area contributed by atoms with Gasteiger partial charge in [-0.2, -0.15) is 0 Å². The highest BCUT2D eigenvalue weighted by Crippen LogP contribution is 2.18. The van der Waals surface area contributed by atoms with Gasteiger partial charge in [0.1, 0.15) is 5.75 Å². The highest BCUT2D eigenvalue weighted by Gasteiger charge is 2.05. The van der Waals surface area contributed by atoms with Crippen LogP contribution in [0.2, 0.25) is 0 Å². The van der Waals surface area contributed by atoms with Crippen molar-refractivity contribution in [2.75, 3.05) is 5.73 Å². The Morgan fingerprint density at radius 2 is 2.09 bits per heavy atom. The standard InChI is InChI=1S/C7H8N2O2/c8-4-1-2-5(7(9)11)6(10)3-4/h1-3,10H,8H2,(H2,9,11). The zero-order chi connectivity index (χ0) is 8.43. The molecule has 0 aliphatic rings. The van der Waals surface area contributed by atoms with Gasteiger partial charge in [0.05, 0.1) is 5.56 Å². The number of benzene rings is 1. The first-order valence-corrected chi connectivity index (χ1v) is 2.99. The molecule has 0 atom stereocenters. The summed E-state index contributed by atoms with van der Waals surface area (Å²) in [5.41, 5.74) is 10.7. The van der Waals surface area contributed by atoms with Crippen LogP contribution in [-0.2, 0) is 0 Å². The third-order valence-electron chi connectivity index (χ3n) is 1.29. The predicted molar refractivity (Wildman–Crippen MR) is 41.0 cm³/mol. The van der Waals surface area contributed by atoms with Crippen LogP contribution in [0.25, 0.3) is 0 Å². The van der Waals surface area contributed by atoms with Crippen LogP contribution in [0, 0.1) is 0 Å². The Morgan fingerprint density at radius 3 is 2.55 bits per heavy atom. The van der Waals surface area contributed by atoms with Crippen molar-refractivity contribution in [3.63, 3.8) is 0 Å². The minimum Gasteiger partial charge on any atom is -0.507 e. The average Bonchev–Trinajstić information content (AvgIpc) is 1.85. The van der Waals surface area contributed by atoms with E-state index in [1.165, 1.54) is 18.2 Å². The minimum atomic E-state index is -0.664. The summed E-state index contributed by atoms with van der Waals surface area (Å²) in [6.45, 7) is 0. The van der Waals surface area contributed by atoms with E-state index in [9.17, 15) is 4.79 Å². The smallest absolute Gasteiger partial charge is 0.252 e. The van der Waals surface area contributed by atoms with Crippen LogP contribution in [0.4, 0.5) is 5.69 Å². The van der Waals surface area contributed by atoms with Gasteiger partial charge in [0.15, 0.2) is 0 Å². The number of rotatable bonds is 1. The van der Waals surface area contributed by atoms with Gasteiger partial charge in [0.2, 0.25) is 0 Å². The summed E-state index contributed by atoms with van der Waals surface area (Å²) in [6, 6.07) is 4.16. The molecule has 5 N–H and O–H groups in total. The number of nitrogen functional groups attached to an aromatic ring is 1. The average molecular weight is 152 g/mol. The lowest BCUT2D eigenvalue weighted by atomic mass is 10.2. The number of primary amides is 1. The number of anilines is 1. The van der Waals surface area contributed by atoms with Crippen molar-refractivity contribution in [1.29, 1.82) is 0 Å². The quantitative estimate of drug-likeness (QED) is 0.497. The lowest BCUT2D eigenvalue weighted by Crippen LogP contribution is -2.10. The normalized spacial score (nSPS) is 9.45. The minimum absolute atomic E-state index is 0.0826. The third kappa shape index (κ3) is 1.40. The summed E-state index contributed by atoms with van der Waals surface area (Å²) < 4.78 is 0. The number of aromatic hydroxyl groups is 1. The van der Waals surface area contributed by atoms with E-state index < -0.39 is 5.91 Å². The van der Waals surface area contributed by atoms with E-state index in [-0.39, 0.29) is 11.3 Å². The van der Waals surface area contributed by atoms with Gasteiger partial charge in [0.25, 0.3) is 5.91 Å². The maximum absolute atomic E-state index is 10.6. The van der Waals surface area contributed by atoms with Crippen molar-refractivity contribution in [2.45, 2.75) is 0 Å². The number of phenols is 1. The van der Waals surface area contributed by atoms with Crippen molar-refractivity contribution in [2.24, 2.45) is 5.73 Å². The summed E-state index contributed by atoms with van der Waals surface area (Å²) >= 11 is 0.